The minimum Gasteiger partial charge on any atom is -0.397 e. The molecule has 0 atom stereocenters. The molecule has 0 spiro atoms. The maximum Gasteiger partial charge on any atom is 0.269 e. The first-order valence-electron chi connectivity index (χ1n) is 7.65. The summed E-state index contributed by atoms with van der Waals surface area (Å²) >= 11 is 1.26. The van der Waals surface area contributed by atoms with Crippen molar-refractivity contribution in [3.63, 3.8) is 0 Å². The number of carbonyl (C=O) groups excluding carboxylic acids is 1. The zero-order valence-corrected chi connectivity index (χ0v) is 14.7. The van der Waals surface area contributed by atoms with Crippen molar-refractivity contribution in [2.45, 2.75) is 20.8 Å². The van der Waals surface area contributed by atoms with Gasteiger partial charge in [-0.15, -0.1) is 11.3 Å². The summed E-state index contributed by atoms with van der Waals surface area (Å²) in [5.74, 6) is -0.0669. The Morgan fingerprint density at radius 1 is 1.24 bits per heavy atom. The molecule has 0 aliphatic heterocycles. The number of benzene rings is 1. The van der Waals surface area contributed by atoms with Crippen molar-refractivity contribution in [1.29, 1.82) is 0 Å². The summed E-state index contributed by atoms with van der Waals surface area (Å²) in [7, 11) is 0. The molecule has 0 saturated carbocycles. The lowest BCUT2D eigenvalue weighted by atomic mass is 10.0. The zero-order chi connectivity index (χ0) is 17.7. The minimum atomic E-state index is -0.351. The van der Waals surface area contributed by atoms with Crippen LogP contribution in [-0.2, 0) is 0 Å². The van der Waals surface area contributed by atoms with Crippen LogP contribution in [0.15, 0.2) is 22.8 Å². The molecule has 0 radical (unpaired) electrons. The third kappa shape index (κ3) is 2.42. The highest BCUT2D eigenvalue weighted by Gasteiger charge is 2.20. The predicted octanol–water partition coefficient (Wildman–Crippen LogP) is 3.59. The number of amides is 1. The number of nitrogen functional groups attached to an aromatic ring is 1. The van der Waals surface area contributed by atoms with E-state index in [1.807, 2.05) is 19.1 Å². The van der Waals surface area contributed by atoms with Gasteiger partial charge in [0.1, 0.15) is 15.4 Å². The summed E-state index contributed by atoms with van der Waals surface area (Å²) in [4.78, 5) is 18.4. The number of rotatable bonds is 2. The van der Waals surface area contributed by atoms with E-state index < -0.39 is 0 Å². The van der Waals surface area contributed by atoms with Crippen molar-refractivity contribution >= 4 is 49.9 Å². The van der Waals surface area contributed by atoms with Gasteiger partial charge in [0.15, 0.2) is 0 Å². The molecule has 0 unspecified atom stereocenters. The number of nitrogens with two attached hydrogens (primary N) is 1. The summed E-state index contributed by atoms with van der Waals surface area (Å²) in [6.45, 7) is 5.79. The first-order valence-corrected chi connectivity index (χ1v) is 8.47. The van der Waals surface area contributed by atoms with Crippen LogP contribution in [0.4, 0.5) is 11.5 Å². The molecule has 0 saturated heterocycles. The molecule has 3 N–H and O–H groups in total. The molecule has 0 aliphatic rings. The number of nitrogens with zero attached hydrogens (tertiary/aromatic N) is 3. The number of anilines is 2. The highest BCUT2D eigenvalue weighted by atomic mass is 32.1. The molecule has 0 bridgehead atoms. The number of thiophene rings is 1. The summed E-state index contributed by atoms with van der Waals surface area (Å²) in [5.41, 5.74) is 10.4. The van der Waals surface area contributed by atoms with Crippen molar-refractivity contribution in [2.75, 3.05) is 11.1 Å². The standard InChI is InChI=1S/C17H15N5O2S/c1-7-4-5-10-6-11-12(18)14(25-17(11)19-13(10)8(7)2)16(23)20-15-9(3)21-24-22-15/h4-6H,18H2,1-3H3,(H,20,22,23). The summed E-state index contributed by atoms with van der Waals surface area (Å²) < 4.78 is 4.59. The molecular formula is C17H15N5O2S. The molecule has 1 aromatic carbocycles. The smallest absolute Gasteiger partial charge is 0.269 e. The number of hydrogen-bond acceptors (Lipinski definition) is 7. The fraction of sp³-hybridized carbons (Fsp3) is 0.176. The Labute approximate surface area is 146 Å². The molecule has 8 heteroatoms. The molecule has 0 aliphatic carbocycles. The van der Waals surface area contributed by atoms with Gasteiger partial charge in [0, 0.05) is 10.8 Å². The monoisotopic (exact) mass is 353 g/mol. The Hall–Kier alpha value is -3.00. The van der Waals surface area contributed by atoms with Gasteiger partial charge in [-0.1, -0.05) is 17.3 Å². The Morgan fingerprint density at radius 2 is 2.04 bits per heavy atom. The second-order valence-electron chi connectivity index (χ2n) is 5.92. The number of hydrogen-bond donors (Lipinski definition) is 2. The van der Waals surface area contributed by atoms with Gasteiger partial charge in [-0.2, -0.15) is 0 Å². The average molecular weight is 353 g/mol. The fourth-order valence-corrected chi connectivity index (χ4v) is 3.66. The highest BCUT2D eigenvalue weighted by Crippen LogP contribution is 2.35. The molecule has 1 amide bonds. The lowest BCUT2D eigenvalue weighted by Gasteiger charge is -2.05. The fourth-order valence-electron chi connectivity index (χ4n) is 2.69. The van der Waals surface area contributed by atoms with Gasteiger partial charge >= 0.3 is 0 Å². The van der Waals surface area contributed by atoms with E-state index in [2.05, 4.69) is 33.2 Å². The maximum absolute atomic E-state index is 12.6. The number of aryl methyl sites for hydroxylation is 3. The SMILES string of the molecule is Cc1ccc2cc3c(N)c(C(=O)Nc4nonc4C)sc3nc2c1C. The molecule has 3 heterocycles. The topological polar surface area (TPSA) is 107 Å². The Balaban J connectivity index is 1.84. The maximum atomic E-state index is 12.6. The van der Waals surface area contributed by atoms with Crippen molar-refractivity contribution in [3.8, 4) is 0 Å². The first kappa shape index (κ1) is 15.5. The normalized spacial score (nSPS) is 11.3. The van der Waals surface area contributed by atoms with Crippen LogP contribution in [0.25, 0.3) is 21.1 Å². The lowest BCUT2D eigenvalue weighted by molar-refractivity contribution is 0.103. The second kappa shape index (κ2) is 5.52. The molecule has 0 fully saturated rings. The molecule has 126 valence electrons. The van der Waals surface area contributed by atoms with E-state index >= 15 is 0 Å². The van der Waals surface area contributed by atoms with Crippen LogP contribution in [0, 0.1) is 20.8 Å². The van der Waals surface area contributed by atoms with Crippen LogP contribution in [0.1, 0.15) is 26.5 Å². The van der Waals surface area contributed by atoms with E-state index in [4.69, 9.17) is 10.7 Å². The van der Waals surface area contributed by atoms with E-state index in [1.54, 1.807) is 6.92 Å². The molecule has 3 aromatic heterocycles. The average Bonchev–Trinajstić information content (AvgIpc) is 3.14. The van der Waals surface area contributed by atoms with Gasteiger partial charge in [-0.05, 0) is 43.1 Å². The van der Waals surface area contributed by atoms with Gasteiger partial charge < -0.3 is 11.1 Å². The van der Waals surface area contributed by atoms with Crippen LogP contribution in [-0.4, -0.2) is 21.2 Å². The number of fused-ring (bicyclic) bond motifs is 2. The van der Waals surface area contributed by atoms with Crippen LogP contribution < -0.4 is 11.1 Å². The van der Waals surface area contributed by atoms with E-state index in [1.165, 1.54) is 16.9 Å². The number of aromatic nitrogens is 3. The van der Waals surface area contributed by atoms with Crippen LogP contribution in [0.2, 0.25) is 0 Å². The zero-order valence-electron chi connectivity index (χ0n) is 13.9. The Bertz CT molecular complexity index is 1150. The van der Waals surface area contributed by atoms with Gasteiger partial charge in [0.05, 0.1) is 11.2 Å². The van der Waals surface area contributed by atoms with Gasteiger partial charge in [0.25, 0.3) is 5.91 Å². The molecule has 4 aromatic rings. The van der Waals surface area contributed by atoms with Crippen LogP contribution in [0.5, 0.6) is 0 Å². The Morgan fingerprint density at radius 3 is 2.76 bits per heavy atom. The van der Waals surface area contributed by atoms with E-state index in [0.717, 1.165) is 26.7 Å². The van der Waals surface area contributed by atoms with Crippen molar-refractivity contribution in [2.24, 2.45) is 0 Å². The van der Waals surface area contributed by atoms with E-state index in [0.29, 0.717) is 16.3 Å². The predicted molar refractivity (Wildman–Crippen MR) is 98.0 cm³/mol. The van der Waals surface area contributed by atoms with Gasteiger partial charge in [0.2, 0.25) is 5.82 Å². The van der Waals surface area contributed by atoms with Crippen LogP contribution >= 0.6 is 11.3 Å². The van der Waals surface area contributed by atoms with Gasteiger partial charge in [-0.25, -0.2) is 9.61 Å². The molecule has 25 heavy (non-hydrogen) atoms. The van der Waals surface area contributed by atoms with Crippen molar-refractivity contribution in [1.82, 2.24) is 15.3 Å². The Kier molecular flexibility index (Phi) is 3.43. The minimum absolute atomic E-state index is 0.284. The van der Waals surface area contributed by atoms with Crippen molar-refractivity contribution < 1.29 is 9.42 Å². The number of pyridine rings is 1. The summed E-state index contributed by atoms with van der Waals surface area (Å²) in [6, 6.07) is 6.06. The van der Waals surface area contributed by atoms with Gasteiger partial charge in [-0.3, -0.25) is 4.79 Å². The highest BCUT2D eigenvalue weighted by molar-refractivity contribution is 7.21. The molecule has 4 rings (SSSR count). The van der Waals surface area contributed by atoms with Crippen molar-refractivity contribution in [3.05, 3.63) is 39.9 Å². The third-order valence-corrected chi connectivity index (χ3v) is 5.41. The summed E-state index contributed by atoms with van der Waals surface area (Å²) in [5, 5.41) is 11.8. The van der Waals surface area contributed by atoms with Crippen LogP contribution in [0.3, 0.4) is 0 Å². The first-order chi connectivity index (χ1) is 12.0. The second-order valence-corrected chi connectivity index (χ2v) is 6.92. The summed E-state index contributed by atoms with van der Waals surface area (Å²) in [6.07, 6.45) is 0. The third-order valence-electron chi connectivity index (χ3n) is 4.30. The number of carbonyl (C=O) groups is 1. The lowest BCUT2D eigenvalue weighted by Crippen LogP contribution is -2.12. The molecular weight excluding hydrogens is 338 g/mol. The largest absolute Gasteiger partial charge is 0.397 e. The van der Waals surface area contributed by atoms with E-state index in [-0.39, 0.29) is 11.7 Å². The van der Waals surface area contributed by atoms with E-state index in [9.17, 15) is 4.79 Å². The quantitative estimate of drug-likeness (QED) is 0.570. The number of nitrogens with one attached hydrogen (secondary N) is 1. The molecule has 7 nitrogen and oxygen atoms in total.